The Balaban J connectivity index is 2.17. The summed E-state index contributed by atoms with van der Waals surface area (Å²) in [4.78, 5) is 11.3. The van der Waals surface area contributed by atoms with Crippen molar-refractivity contribution in [3.05, 3.63) is 12.2 Å². The Morgan fingerprint density at radius 2 is 1.44 bits per heavy atom. The van der Waals surface area contributed by atoms with E-state index in [0.29, 0.717) is 13.2 Å². The largest absolute Gasteiger partial charge is 0.464 e. The summed E-state index contributed by atoms with van der Waals surface area (Å²) in [6.45, 7) is 1.24. The van der Waals surface area contributed by atoms with E-state index in [-0.39, 0.29) is 12.6 Å². The molecule has 0 radical (unpaired) electrons. The predicted octanol–water partition coefficient (Wildman–Crippen LogP) is 3.63. The molecule has 0 saturated carbocycles. The minimum atomic E-state index is -0.233. The number of cyclic esters (lactones) is 1. The molecule has 0 aliphatic carbocycles. The molecule has 0 spiro atoms. The van der Waals surface area contributed by atoms with Crippen LogP contribution in [-0.4, -0.2) is 25.8 Å². The molecule has 1 heterocycles. The Morgan fingerprint density at radius 1 is 0.778 bits per heavy atom. The first-order chi connectivity index (χ1) is 8.89. The molecule has 0 aromatic carbocycles. The zero-order valence-electron chi connectivity index (χ0n) is 11.4. The van der Waals surface area contributed by atoms with E-state index >= 15 is 0 Å². The highest BCUT2D eigenvalue weighted by Gasteiger charge is 2.02. The van der Waals surface area contributed by atoms with Gasteiger partial charge in [0.1, 0.15) is 6.61 Å². The first-order valence-corrected chi connectivity index (χ1v) is 7.28. The maximum Gasteiger partial charge on any atom is 0.332 e. The maximum absolute atomic E-state index is 11.3. The van der Waals surface area contributed by atoms with E-state index in [4.69, 9.17) is 9.47 Å². The van der Waals surface area contributed by atoms with Gasteiger partial charge in [-0.15, -0.1) is 0 Å². The van der Waals surface area contributed by atoms with Gasteiger partial charge in [0.15, 0.2) is 0 Å². The Kier molecular flexibility index (Phi) is 9.54. The van der Waals surface area contributed by atoms with Crippen LogP contribution in [0.2, 0.25) is 0 Å². The van der Waals surface area contributed by atoms with Crippen molar-refractivity contribution in [3.8, 4) is 0 Å². The van der Waals surface area contributed by atoms with Crippen molar-refractivity contribution in [1.82, 2.24) is 0 Å². The first-order valence-electron chi connectivity index (χ1n) is 7.28. The van der Waals surface area contributed by atoms with Crippen LogP contribution in [0.4, 0.5) is 0 Å². The van der Waals surface area contributed by atoms with Crippen LogP contribution in [0.1, 0.15) is 57.8 Å². The summed E-state index contributed by atoms with van der Waals surface area (Å²) in [6, 6.07) is 0. The smallest absolute Gasteiger partial charge is 0.332 e. The number of allylic oxidation sites excluding steroid dienone is 1. The molecule has 1 rings (SSSR count). The van der Waals surface area contributed by atoms with Crippen LogP contribution in [0.5, 0.6) is 0 Å². The van der Waals surface area contributed by atoms with Crippen LogP contribution in [-0.2, 0) is 14.3 Å². The molecule has 0 fully saturated rings. The maximum atomic E-state index is 11.3. The SMILES string of the molecule is O=C1COCC/C=C\CCCCCCCCCO1. The van der Waals surface area contributed by atoms with Crippen molar-refractivity contribution in [3.63, 3.8) is 0 Å². The van der Waals surface area contributed by atoms with E-state index in [9.17, 15) is 4.79 Å². The van der Waals surface area contributed by atoms with Gasteiger partial charge in [0, 0.05) is 0 Å². The first kappa shape index (κ1) is 15.2. The van der Waals surface area contributed by atoms with Crippen LogP contribution in [0.3, 0.4) is 0 Å². The molecule has 0 saturated heterocycles. The molecule has 0 aromatic rings. The van der Waals surface area contributed by atoms with Gasteiger partial charge in [-0.05, 0) is 25.7 Å². The van der Waals surface area contributed by atoms with Gasteiger partial charge in [-0.3, -0.25) is 0 Å². The highest BCUT2D eigenvalue weighted by atomic mass is 16.6. The van der Waals surface area contributed by atoms with Gasteiger partial charge >= 0.3 is 5.97 Å². The third-order valence-corrected chi connectivity index (χ3v) is 3.09. The molecular weight excluding hydrogens is 228 g/mol. The van der Waals surface area contributed by atoms with E-state index in [1.54, 1.807) is 0 Å². The third kappa shape index (κ3) is 9.23. The quantitative estimate of drug-likeness (QED) is 0.489. The Hall–Kier alpha value is -0.830. The fourth-order valence-electron chi connectivity index (χ4n) is 2.02. The number of hydrogen-bond donors (Lipinski definition) is 0. The lowest BCUT2D eigenvalue weighted by atomic mass is 10.1. The van der Waals surface area contributed by atoms with Gasteiger partial charge in [-0.2, -0.15) is 0 Å². The lowest BCUT2D eigenvalue weighted by Gasteiger charge is -2.05. The molecule has 1 aliphatic rings. The van der Waals surface area contributed by atoms with Gasteiger partial charge in [-0.25, -0.2) is 4.79 Å². The van der Waals surface area contributed by atoms with Gasteiger partial charge in [0.05, 0.1) is 13.2 Å². The lowest BCUT2D eigenvalue weighted by Crippen LogP contribution is -2.13. The zero-order valence-corrected chi connectivity index (χ0v) is 11.4. The number of ether oxygens (including phenoxy) is 2. The summed E-state index contributed by atoms with van der Waals surface area (Å²) in [5, 5.41) is 0. The number of esters is 1. The fourth-order valence-corrected chi connectivity index (χ4v) is 2.02. The number of rotatable bonds is 0. The van der Waals surface area contributed by atoms with E-state index in [2.05, 4.69) is 12.2 Å². The second-order valence-electron chi connectivity index (χ2n) is 4.80. The summed E-state index contributed by atoms with van der Waals surface area (Å²) in [5.74, 6) is -0.233. The molecule has 104 valence electrons. The van der Waals surface area contributed by atoms with E-state index in [0.717, 1.165) is 19.3 Å². The van der Waals surface area contributed by atoms with Gasteiger partial charge in [0.2, 0.25) is 0 Å². The number of carbonyl (C=O) groups excluding carboxylic acids is 1. The fraction of sp³-hybridized carbons (Fsp3) is 0.800. The van der Waals surface area contributed by atoms with Crippen molar-refractivity contribution in [2.24, 2.45) is 0 Å². The summed E-state index contributed by atoms with van der Waals surface area (Å²) in [7, 11) is 0. The molecule has 0 N–H and O–H groups in total. The Bertz CT molecular complexity index is 236. The molecule has 18 heavy (non-hydrogen) atoms. The summed E-state index contributed by atoms with van der Waals surface area (Å²) < 4.78 is 10.3. The molecule has 3 heteroatoms. The summed E-state index contributed by atoms with van der Waals surface area (Å²) >= 11 is 0. The van der Waals surface area contributed by atoms with Crippen LogP contribution >= 0.6 is 0 Å². The zero-order chi connectivity index (χ0) is 12.9. The molecular formula is C15H26O3. The van der Waals surface area contributed by atoms with Crippen molar-refractivity contribution in [2.75, 3.05) is 19.8 Å². The molecule has 0 bridgehead atoms. The van der Waals surface area contributed by atoms with E-state index in [1.165, 1.54) is 38.5 Å². The Morgan fingerprint density at radius 3 is 2.28 bits per heavy atom. The van der Waals surface area contributed by atoms with Crippen LogP contribution in [0.15, 0.2) is 12.2 Å². The molecule has 0 atom stereocenters. The standard InChI is InChI=1S/C15H26O3/c16-15-14-17-12-10-8-6-4-2-1-3-5-7-9-11-13-18-15/h6,8H,1-5,7,9-14H2/b8-6-. The average molecular weight is 254 g/mol. The number of carbonyl (C=O) groups is 1. The normalized spacial score (nSPS) is 23.9. The van der Waals surface area contributed by atoms with E-state index in [1.807, 2.05) is 0 Å². The molecule has 0 amide bonds. The summed E-state index contributed by atoms with van der Waals surface area (Å²) in [5.41, 5.74) is 0. The van der Waals surface area contributed by atoms with Crippen molar-refractivity contribution < 1.29 is 14.3 Å². The lowest BCUT2D eigenvalue weighted by molar-refractivity contribution is -0.149. The monoisotopic (exact) mass is 254 g/mol. The highest BCUT2D eigenvalue weighted by Crippen LogP contribution is 2.09. The minimum Gasteiger partial charge on any atom is -0.464 e. The molecule has 1 aliphatic heterocycles. The predicted molar refractivity (Wildman–Crippen MR) is 72.5 cm³/mol. The minimum absolute atomic E-state index is 0.0911. The second-order valence-corrected chi connectivity index (χ2v) is 4.80. The third-order valence-electron chi connectivity index (χ3n) is 3.09. The van der Waals surface area contributed by atoms with Gasteiger partial charge in [0.25, 0.3) is 0 Å². The van der Waals surface area contributed by atoms with Crippen LogP contribution < -0.4 is 0 Å². The second kappa shape index (κ2) is 11.3. The molecule has 3 nitrogen and oxygen atoms in total. The molecule has 0 unspecified atom stereocenters. The summed E-state index contributed by atoms with van der Waals surface area (Å²) in [6.07, 6.45) is 15.1. The number of hydrogen-bond acceptors (Lipinski definition) is 3. The Labute approximate surface area is 111 Å². The van der Waals surface area contributed by atoms with Crippen LogP contribution in [0, 0.1) is 0 Å². The topological polar surface area (TPSA) is 35.5 Å². The van der Waals surface area contributed by atoms with Gasteiger partial charge < -0.3 is 9.47 Å². The van der Waals surface area contributed by atoms with Gasteiger partial charge in [-0.1, -0.05) is 44.3 Å². The van der Waals surface area contributed by atoms with Crippen molar-refractivity contribution in [2.45, 2.75) is 57.8 Å². The average Bonchev–Trinajstić information content (AvgIpc) is 2.37. The highest BCUT2D eigenvalue weighted by molar-refractivity contribution is 5.70. The van der Waals surface area contributed by atoms with Crippen LogP contribution in [0.25, 0.3) is 0 Å². The van der Waals surface area contributed by atoms with E-state index < -0.39 is 0 Å². The van der Waals surface area contributed by atoms with Crippen molar-refractivity contribution >= 4 is 5.97 Å². The molecule has 0 aromatic heterocycles. The van der Waals surface area contributed by atoms with Crippen molar-refractivity contribution in [1.29, 1.82) is 0 Å².